The number of nitrogens with zero attached hydrogens (tertiary/aromatic N) is 1. The highest BCUT2D eigenvalue weighted by atomic mass is 16.4. The molecule has 5 nitrogen and oxygen atoms in total. The lowest BCUT2D eigenvalue weighted by Crippen LogP contribution is -2.33. The van der Waals surface area contributed by atoms with E-state index in [1.54, 1.807) is 4.90 Å². The van der Waals surface area contributed by atoms with E-state index in [9.17, 15) is 9.59 Å². The van der Waals surface area contributed by atoms with Crippen LogP contribution in [0.25, 0.3) is 0 Å². The molecule has 2 N–H and O–H groups in total. The minimum absolute atomic E-state index is 0.0157. The van der Waals surface area contributed by atoms with Crippen molar-refractivity contribution in [2.24, 2.45) is 11.8 Å². The van der Waals surface area contributed by atoms with Gasteiger partial charge in [-0.25, -0.2) is 4.79 Å². The fourth-order valence-electron chi connectivity index (χ4n) is 2.48. The summed E-state index contributed by atoms with van der Waals surface area (Å²) in [5.74, 6) is -1.32. The number of carboxylic acid groups (broad SMARTS) is 1. The van der Waals surface area contributed by atoms with Crippen molar-refractivity contribution in [1.29, 1.82) is 0 Å². The molecule has 0 bridgehead atoms. The maximum Gasteiger partial charge on any atom is 0.321 e. The first-order valence-electron chi connectivity index (χ1n) is 6.74. The largest absolute Gasteiger partial charge is 0.481 e. The molecule has 1 fully saturated rings. The number of hydrogen-bond acceptors (Lipinski definition) is 2. The number of carboxylic acids is 1. The van der Waals surface area contributed by atoms with E-state index < -0.39 is 11.9 Å². The van der Waals surface area contributed by atoms with Crippen molar-refractivity contribution in [1.82, 2.24) is 4.90 Å². The summed E-state index contributed by atoms with van der Waals surface area (Å²) in [5.41, 5.74) is 3.02. The van der Waals surface area contributed by atoms with E-state index >= 15 is 0 Å². The zero-order valence-corrected chi connectivity index (χ0v) is 12.0. The summed E-state index contributed by atoms with van der Waals surface area (Å²) in [6.07, 6.45) is 0. The van der Waals surface area contributed by atoms with Crippen molar-refractivity contribution in [2.45, 2.75) is 20.8 Å². The summed E-state index contributed by atoms with van der Waals surface area (Å²) >= 11 is 0. The number of nitrogens with one attached hydrogen (secondary N) is 1. The molecule has 0 aromatic heterocycles. The topological polar surface area (TPSA) is 69.6 Å². The molecule has 1 heterocycles. The standard InChI is InChI=1S/C15H20N2O3/c1-9-4-5-12(6-10(9)2)16-15(20)17-7-11(3)13(8-17)14(18)19/h4-6,11,13H,7-8H2,1-3H3,(H,16,20)(H,18,19). The Bertz CT molecular complexity index is 542. The number of aryl methyl sites for hydroxylation is 2. The number of aliphatic carboxylic acids is 1. The maximum atomic E-state index is 12.1. The number of carbonyl (C=O) groups is 2. The van der Waals surface area contributed by atoms with Crippen LogP contribution in [0.4, 0.5) is 10.5 Å². The molecule has 1 aliphatic heterocycles. The Morgan fingerprint density at radius 3 is 2.50 bits per heavy atom. The van der Waals surface area contributed by atoms with Gasteiger partial charge in [-0.05, 0) is 43.0 Å². The van der Waals surface area contributed by atoms with Crippen LogP contribution >= 0.6 is 0 Å². The monoisotopic (exact) mass is 276 g/mol. The van der Waals surface area contributed by atoms with E-state index in [1.807, 2.05) is 39.0 Å². The van der Waals surface area contributed by atoms with E-state index in [0.717, 1.165) is 11.3 Å². The molecule has 0 aliphatic carbocycles. The molecule has 1 aromatic rings. The van der Waals surface area contributed by atoms with Gasteiger partial charge in [-0.1, -0.05) is 13.0 Å². The zero-order chi connectivity index (χ0) is 14.9. The summed E-state index contributed by atoms with van der Waals surface area (Å²) in [6.45, 7) is 6.62. The smallest absolute Gasteiger partial charge is 0.321 e. The van der Waals surface area contributed by atoms with E-state index in [1.165, 1.54) is 5.56 Å². The molecule has 2 rings (SSSR count). The predicted octanol–water partition coefficient (Wildman–Crippen LogP) is 2.49. The number of carbonyl (C=O) groups excluding carboxylic acids is 1. The van der Waals surface area contributed by atoms with Crippen LogP contribution < -0.4 is 5.32 Å². The predicted molar refractivity (Wildman–Crippen MR) is 76.8 cm³/mol. The highest BCUT2D eigenvalue weighted by Gasteiger charge is 2.36. The Hall–Kier alpha value is -2.04. The Morgan fingerprint density at radius 1 is 1.25 bits per heavy atom. The Labute approximate surface area is 118 Å². The van der Waals surface area contributed by atoms with Crippen molar-refractivity contribution >= 4 is 17.7 Å². The molecule has 1 aromatic carbocycles. The molecule has 2 amide bonds. The van der Waals surface area contributed by atoms with E-state index in [-0.39, 0.29) is 18.5 Å². The zero-order valence-electron chi connectivity index (χ0n) is 12.0. The lowest BCUT2D eigenvalue weighted by molar-refractivity contribution is -0.142. The van der Waals surface area contributed by atoms with Gasteiger partial charge >= 0.3 is 12.0 Å². The average molecular weight is 276 g/mol. The van der Waals surface area contributed by atoms with Crippen LogP contribution in [-0.2, 0) is 4.79 Å². The van der Waals surface area contributed by atoms with Crippen LogP contribution in [0.1, 0.15) is 18.1 Å². The second-order valence-corrected chi connectivity index (χ2v) is 5.56. The van der Waals surface area contributed by atoms with Gasteiger partial charge in [0.15, 0.2) is 0 Å². The van der Waals surface area contributed by atoms with Crippen molar-refractivity contribution in [3.05, 3.63) is 29.3 Å². The quantitative estimate of drug-likeness (QED) is 0.872. The summed E-state index contributed by atoms with van der Waals surface area (Å²) in [5, 5.41) is 11.9. The fourth-order valence-corrected chi connectivity index (χ4v) is 2.48. The molecular weight excluding hydrogens is 256 g/mol. The molecule has 0 saturated carbocycles. The highest BCUT2D eigenvalue weighted by molar-refractivity contribution is 5.90. The first-order valence-corrected chi connectivity index (χ1v) is 6.74. The van der Waals surface area contributed by atoms with Crippen LogP contribution in [0.5, 0.6) is 0 Å². The number of hydrogen-bond donors (Lipinski definition) is 2. The number of rotatable bonds is 2. The lowest BCUT2D eigenvalue weighted by Gasteiger charge is -2.17. The molecule has 2 unspecified atom stereocenters. The first kappa shape index (κ1) is 14.4. The summed E-state index contributed by atoms with van der Waals surface area (Å²) in [4.78, 5) is 24.8. The average Bonchev–Trinajstić information content (AvgIpc) is 2.76. The minimum Gasteiger partial charge on any atom is -0.481 e. The van der Waals surface area contributed by atoms with Gasteiger partial charge in [-0.2, -0.15) is 0 Å². The fraction of sp³-hybridized carbons (Fsp3) is 0.467. The van der Waals surface area contributed by atoms with Gasteiger partial charge in [0.25, 0.3) is 0 Å². The van der Waals surface area contributed by atoms with Gasteiger partial charge in [0.2, 0.25) is 0 Å². The third kappa shape index (κ3) is 2.92. The molecular formula is C15H20N2O3. The Morgan fingerprint density at radius 2 is 1.95 bits per heavy atom. The van der Waals surface area contributed by atoms with Crippen molar-refractivity contribution in [3.8, 4) is 0 Å². The summed E-state index contributed by atoms with van der Waals surface area (Å²) in [7, 11) is 0. The maximum absolute atomic E-state index is 12.1. The number of benzene rings is 1. The number of urea groups is 1. The van der Waals surface area contributed by atoms with E-state index in [4.69, 9.17) is 5.11 Å². The van der Waals surface area contributed by atoms with Crippen LogP contribution in [0.15, 0.2) is 18.2 Å². The van der Waals surface area contributed by atoms with Gasteiger partial charge in [0, 0.05) is 18.8 Å². The Balaban J connectivity index is 2.02. The molecule has 5 heteroatoms. The lowest BCUT2D eigenvalue weighted by atomic mass is 9.99. The van der Waals surface area contributed by atoms with Gasteiger partial charge < -0.3 is 15.3 Å². The van der Waals surface area contributed by atoms with Gasteiger partial charge in [0.1, 0.15) is 0 Å². The van der Waals surface area contributed by atoms with Crippen LogP contribution in [0, 0.1) is 25.7 Å². The third-order valence-corrected chi connectivity index (χ3v) is 3.97. The molecule has 1 aliphatic rings. The van der Waals surface area contributed by atoms with Crippen LogP contribution in [0.2, 0.25) is 0 Å². The molecule has 2 atom stereocenters. The van der Waals surface area contributed by atoms with Gasteiger partial charge in [0.05, 0.1) is 5.92 Å². The third-order valence-electron chi connectivity index (χ3n) is 3.97. The van der Waals surface area contributed by atoms with E-state index in [0.29, 0.717) is 6.54 Å². The first-order chi connectivity index (χ1) is 9.38. The number of anilines is 1. The molecule has 0 spiro atoms. The highest BCUT2D eigenvalue weighted by Crippen LogP contribution is 2.24. The second-order valence-electron chi connectivity index (χ2n) is 5.56. The van der Waals surface area contributed by atoms with E-state index in [2.05, 4.69) is 5.32 Å². The molecule has 108 valence electrons. The van der Waals surface area contributed by atoms with Crippen LogP contribution in [0.3, 0.4) is 0 Å². The van der Waals surface area contributed by atoms with Crippen molar-refractivity contribution in [3.63, 3.8) is 0 Å². The van der Waals surface area contributed by atoms with Crippen LogP contribution in [-0.4, -0.2) is 35.1 Å². The number of likely N-dealkylation sites (tertiary alicyclic amines) is 1. The normalized spacial score (nSPS) is 21.9. The molecule has 1 saturated heterocycles. The summed E-state index contributed by atoms with van der Waals surface area (Å²) in [6, 6.07) is 5.50. The number of amides is 2. The molecule has 0 radical (unpaired) electrons. The second kappa shape index (κ2) is 5.53. The summed E-state index contributed by atoms with van der Waals surface area (Å²) < 4.78 is 0. The van der Waals surface area contributed by atoms with Crippen molar-refractivity contribution < 1.29 is 14.7 Å². The minimum atomic E-state index is -0.834. The van der Waals surface area contributed by atoms with Crippen molar-refractivity contribution in [2.75, 3.05) is 18.4 Å². The van der Waals surface area contributed by atoms with Gasteiger partial charge in [-0.15, -0.1) is 0 Å². The SMILES string of the molecule is Cc1ccc(NC(=O)N2CC(C)C(C(=O)O)C2)cc1C. The Kier molecular flexibility index (Phi) is 3.97. The van der Waals surface area contributed by atoms with Gasteiger partial charge in [-0.3, -0.25) is 4.79 Å². The molecule has 20 heavy (non-hydrogen) atoms.